The van der Waals surface area contributed by atoms with Crippen molar-refractivity contribution in [2.24, 2.45) is 0 Å². The van der Waals surface area contributed by atoms with Crippen molar-refractivity contribution in [3.63, 3.8) is 0 Å². The first-order valence-electron chi connectivity index (χ1n) is 10.2. The molecule has 0 fully saturated rings. The van der Waals surface area contributed by atoms with Gasteiger partial charge < -0.3 is 9.72 Å². The molecule has 2 aromatic carbocycles. The zero-order valence-corrected chi connectivity index (χ0v) is 19.6. The number of carbonyl (C=O) groups excluding carboxylic acids is 1. The van der Waals surface area contributed by atoms with Crippen LogP contribution in [-0.2, 0) is 6.42 Å². The van der Waals surface area contributed by atoms with Gasteiger partial charge in [-0.1, -0.05) is 43.3 Å². The molecule has 1 N–H and O–H groups in total. The lowest BCUT2D eigenvalue weighted by molar-refractivity contribution is 0.102. The predicted octanol–water partition coefficient (Wildman–Crippen LogP) is 5.65. The highest BCUT2D eigenvalue weighted by molar-refractivity contribution is 7.99. The molecule has 1 unspecified atom stereocenters. The molecule has 1 aromatic heterocycles. The summed E-state index contributed by atoms with van der Waals surface area (Å²) in [5, 5.41) is 0.595. The number of carbonyl (C=O) groups is 1. The number of aromatic nitrogens is 2. The molecule has 0 aliphatic carbocycles. The number of ether oxygens (including phenoxy) is 1. The topological polar surface area (TPSA) is 72.0 Å². The number of benzene rings is 2. The van der Waals surface area contributed by atoms with Crippen LogP contribution in [0, 0.1) is 5.82 Å². The van der Waals surface area contributed by atoms with Crippen LogP contribution in [0.5, 0.6) is 5.75 Å². The summed E-state index contributed by atoms with van der Waals surface area (Å²) in [5.74, 6) is 0.144. The van der Waals surface area contributed by atoms with Crippen molar-refractivity contribution >= 4 is 29.1 Å². The number of Topliss-reactive ketones (excluding diaryl/α,β-unsaturated/α-hetero) is 1. The Labute approximate surface area is 195 Å². The minimum absolute atomic E-state index is 0.0632. The lowest BCUT2D eigenvalue weighted by atomic mass is 9.95. The zero-order chi connectivity index (χ0) is 23.3. The quantitative estimate of drug-likeness (QED) is 0.246. The first-order valence-corrected chi connectivity index (χ1v) is 11.6. The molecular formula is C24H24ClFN2O3S. The van der Waals surface area contributed by atoms with Gasteiger partial charge in [-0.05, 0) is 48.7 Å². The normalized spacial score (nSPS) is 11.9. The van der Waals surface area contributed by atoms with Crippen LogP contribution in [-0.4, -0.2) is 28.6 Å². The molecule has 3 rings (SSSR count). The number of rotatable bonds is 9. The fourth-order valence-corrected chi connectivity index (χ4v) is 4.29. The Morgan fingerprint density at radius 2 is 1.97 bits per heavy atom. The second kappa shape index (κ2) is 10.8. The summed E-state index contributed by atoms with van der Waals surface area (Å²) in [4.78, 5) is 32.8. The molecule has 0 saturated carbocycles. The van der Waals surface area contributed by atoms with Crippen molar-refractivity contribution in [3.8, 4) is 5.75 Å². The molecule has 5 nitrogen and oxygen atoms in total. The second-order valence-corrected chi connectivity index (χ2v) is 8.73. The molecule has 1 heterocycles. The van der Waals surface area contributed by atoms with E-state index in [9.17, 15) is 14.0 Å². The van der Waals surface area contributed by atoms with Gasteiger partial charge in [-0.15, -0.1) is 0 Å². The van der Waals surface area contributed by atoms with Crippen LogP contribution in [0.25, 0.3) is 0 Å². The second-order valence-electron chi connectivity index (χ2n) is 7.36. The molecule has 0 saturated heterocycles. The van der Waals surface area contributed by atoms with Gasteiger partial charge in [0.2, 0.25) is 0 Å². The summed E-state index contributed by atoms with van der Waals surface area (Å²) in [6.45, 7) is 3.90. The molecule has 0 amide bonds. The van der Waals surface area contributed by atoms with E-state index in [4.69, 9.17) is 16.3 Å². The van der Waals surface area contributed by atoms with Crippen molar-refractivity contribution in [1.82, 2.24) is 9.97 Å². The molecule has 168 valence electrons. The van der Waals surface area contributed by atoms with Crippen LogP contribution in [0.3, 0.4) is 0 Å². The minimum atomic E-state index is -0.446. The van der Waals surface area contributed by atoms with Crippen LogP contribution in [0.15, 0.2) is 52.4 Å². The van der Waals surface area contributed by atoms with Gasteiger partial charge in [-0.2, -0.15) is 0 Å². The fourth-order valence-electron chi connectivity index (χ4n) is 3.28. The Hall–Kier alpha value is -2.64. The molecule has 0 aliphatic heterocycles. The van der Waals surface area contributed by atoms with E-state index in [0.717, 1.165) is 18.2 Å². The lowest BCUT2D eigenvalue weighted by Gasteiger charge is -2.15. The van der Waals surface area contributed by atoms with E-state index in [0.29, 0.717) is 33.3 Å². The van der Waals surface area contributed by atoms with Crippen molar-refractivity contribution in [1.29, 1.82) is 0 Å². The number of hydrogen-bond donors (Lipinski definition) is 1. The molecule has 32 heavy (non-hydrogen) atoms. The van der Waals surface area contributed by atoms with Crippen LogP contribution in [0.4, 0.5) is 4.39 Å². The highest BCUT2D eigenvalue weighted by Gasteiger charge is 2.20. The smallest absolute Gasteiger partial charge is 0.255 e. The Morgan fingerprint density at radius 1 is 1.25 bits per heavy atom. The number of halogens is 2. The average Bonchev–Trinajstić information content (AvgIpc) is 2.79. The highest BCUT2D eigenvalue weighted by Crippen LogP contribution is 2.27. The summed E-state index contributed by atoms with van der Waals surface area (Å²) in [6.07, 6.45) is 0.820. The largest absolute Gasteiger partial charge is 0.497 e. The summed E-state index contributed by atoms with van der Waals surface area (Å²) in [6, 6.07) is 11.3. The van der Waals surface area contributed by atoms with Gasteiger partial charge in [0.15, 0.2) is 10.9 Å². The summed E-state index contributed by atoms with van der Waals surface area (Å²) >= 11 is 7.34. The molecule has 3 aromatic rings. The van der Waals surface area contributed by atoms with Crippen LogP contribution in [0.1, 0.15) is 53.4 Å². The third-order valence-corrected chi connectivity index (χ3v) is 6.50. The molecule has 8 heteroatoms. The molecule has 0 radical (unpaired) electrons. The summed E-state index contributed by atoms with van der Waals surface area (Å²) < 4.78 is 19.5. The number of nitrogens with zero attached hydrogens (tertiary/aromatic N) is 1. The monoisotopic (exact) mass is 474 g/mol. The fraction of sp³-hybridized carbons (Fsp3) is 0.292. The van der Waals surface area contributed by atoms with Gasteiger partial charge in [0.05, 0.1) is 18.6 Å². The predicted molar refractivity (Wildman–Crippen MR) is 126 cm³/mol. The van der Waals surface area contributed by atoms with E-state index in [1.165, 1.54) is 12.1 Å². The van der Waals surface area contributed by atoms with Crippen LogP contribution < -0.4 is 10.3 Å². The van der Waals surface area contributed by atoms with E-state index in [1.54, 1.807) is 37.4 Å². The van der Waals surface area contributed by atoms with Crippen molar-refractivity contribution in [2.75, 3.05) is 12.9 Å². The highest BCUT2D eigenvalue weighted by atomic mass is 35.5. The third kappa shape index (κ3) is 5.58. The Morgan fingerprint density at radius 3 is 2.59 bits per heavy atom. The van der Waals surface area contributed by atoms with Gasteiger partial charge in [-0.3, -0.25) is 9.59 Å². The standard InChI is InChI=1S/C24H24ClFN2O3S/c1-4-14(2)22-20(12-17-18(25)6-5-7-19(17)26)27-24(28-23(22)30)32-13-21(29)15-8-10-16(31-3)11-9-15/h5-11,14H,4,12-13H2,1-3H3,(H,27,28,30). The van der Waals surface area contributed by atoms with Crippen LogP contribution >= 0.6 is 23.4 Å². The number of methoxy groups -OCH3 is 1. The van der Waals surface area contributed by atoms with E-state index >= 15 is 0 Å². The Kier molecular flexibility index (Phi) is 8.10. The number of hydrogen-bond acceptors (Lipinski definition) is 5. The SMILES string of the molecule is CCC(C)c1c(Cc2c(F)cccc2Cl)nc(SCC(=O)c2ccc(OC)cc2)[nH]c1=O. The van der Waals surface area contributed by atoms with Gasteiger partial charge in [-0.25, -0.2) is 9.37 Å². The van der Waals surface area contributed by atoms with E-state index < -0.39 is 5.82 Å². The van der Waals surface area contributed by atoms with Gasteiger partial charge >= 0.3 is 0 Å². The summed E-state index contributed by atoms with van der Waals surface area (Å²) in [7, 11) is 1.56. The molecule has 0 bridgehead atoms. The van der Waals surface area contributed by atoms with E-state index in [1.807, 2.05) is 13.8 Å². The number of H-pyrrole nitrogens is 1. The maximum Gasteiger partial charge on any atom is 0.255 e. The maximum absolute atomic E-state index is 14.4. The zero-order valence-electron chi connectivity index (χ0n) is 18.1. The van der Waals surface area contributed by atoms with Crippen molar-refractivity contribution in [2.45, 2.75) is 37.8 Å². The number of aromatic amines is 1. The first kappa shape index (κ1) is 24.0. The Bertz CT molecular complexity index is 1140. The molecule has 1 atom stereocenters. The number of ketones is 1. The van der Waals surface area contributed by atoms with Gasteiger partial charge in [0.1, 0.15) is 11.6 Å². The number of thioether (sulfide) groups is 1. The van der Waals surface area contributed by atoms with Crippen molar-refractivity contribution in [3.05, 3.63) is 86.0 Å². The van der Waals surface area contributed by atoms with Crippen molar-refractivity contribution < 1.29 is 13.9 Å². The molecule has 0 spiro atoms. The molecule has 0 aliphatic rings. The minimum Gasteiger partial charge on any atom is -0.497 e. The maximum atomic E-state index is 14.4. The number of nitrogens with one attached hydrogen (secondary N) is 1. The van der Waals surface area contributed by atoms with E-state index in [2.05, 4.69) is 9.97 Å². The van der Waals surface area contributed by atoms with Gasteiger partial charge in [0, 0.05) is 28.1 Å². The van der Waals surface area contributed by atoms with E-state index in [-0.39, 0.29) is 34.5 Å². The molecular weight excluding hydrogens is 451 g/mol. The van der Waals surface area contributed by atoms with Crippen LogP contribution in [0.2, 0.25) is 5.02 Å². The Balaban J connectivity index is 1.88. The average molecular weight is 475 g/mol. The third-order valence-electron chi connectivity index (χ3n) is 5.28. The first-order chi connectivity index (χ1) is 15.3. The lowest BCUT2D eigenvalue weighted by Crippen LogP contribution is -2.21. The van der Waals surface area contributed by atoms with Gasteiger partial charge in [0.25, 0.3) is 5.56 Å². The summed E-state index contributed by atoms with van der Waals surface area (Å²) in [5.41, 5.74) is 1.53.